The van der Waals surface area contributed by atoms with Gasteiger partial charge in [0.15, 0.2) is 0 Å². The van der Waals surface area contributed by atoms with Crippen LogP contribution in [0.5, 0.6) is 0 Å². The molecule has 0 aliphatic heterocycles. The molecule has 2 N–H and O–H groups in total. The van der Waals surface area contributed by atoms with E-state index in [-0.39, 0.29) is 34.3 Å². The molecule has 0 unspecified atom stereocenters. The molecule has 1 aromatic rings. The summed E-state index contributed by atoms with van der Waals surface area (Å²) in [6.45, 7) is 0. The Bertz CT molecular complexity index is 500. The predicted molar refractivity (Wildman–Crippen MR) is 64.6 cm³/mol. The van der Waals surface area contributed by atoms with Crippen molar-refractivity contribution < 1.29 is 14.8 Å². The lowest BCUT2D eigenvalue weighted by molar-refractivity contribution is -0.384. The third kappa shape index (κ3) is 2.60. The molecule has 0 aromatic heterocycles. The first-order valence-corrected chi connectivity index (χ1v) is 5.78. The van der Waals surface area contributed by atoms with E-state index in [9.17, 15) is 14.9 Å². The summed E-state index contributed by atoms with van der Waals surface area (Å²) >= 11 is 5.71. The molecular formula is C11H11ClN2O4. The fourth-order valence-corrected chi connectivity index (χ4v) is 2.02. The van der Waals surface area contributed by atoms with Crippen LogP contribution in [0.4, 0.5) is 5.69 Å². The van der Waals surface area contributed by atoms with Gasteiger partial charge in [-0.15, -0.1) is 0 Å². The number of nitro groups is 1. The lowest BCUT2D eigenvalue weighted by Crippen LogP contribution is -2.46. The third-order valence-corrected chi connectivity index (χ3v) is 3.16. The summed E-state index contributed by atoms with van der Waals surface area (Å²) in [5, 5.41) is 22.3. The van der Waals surface area contributed by atoms with Crippen molar-refractivity contribution in [2.24, 2.45) is 0 Å². The minimum absolute atomic E-state index is 0.0403. The standard InChI is InChI=1S/C11H11ClN2O4/c12-9-3-6(1-2-10(9)14(17)18)11(16)13-7-4-8(15)5-7/h1-3,7-8,15H,4-5H2,(H,13,16). The smallest absolute Gasteiger partial charge is 0.287 e. The molecule has 0 bridgehead atoms. The first-order valence-electron chi connectivity index (χ1n) is 5.40. The van der Waals surface area contributed by atoms with Crippen LogP contribution in [0.25, 0.3) is 0 Å². The number of carbonyl (C=O) groups excluding carboxylic acids is 1. The van der Waals surface area contributed by atoms with E-state index >= 15 is 0 Å². The lowest BCUT2D eigenvalue weighted by atomic mass is 9.89. The van der Waals surface area contributed by atoms with Gasteiger partial charge in [-0.05, 0) is 25.0 Å². The lowest BCUT2D eigenvalue weighted by Gasteiger charge is -2.31. The van der Waals surface area contributed by atoms with Gasteiger partial charge in [0, 0.05) is 17.7 Å². The Morgan fingerprint density at radius 2 is 2.17 bits per heavy atom. The molecule has 7 heteroatoms. The van der Waals surface area contributed by atoms with Gasteiger partial charge in [-0.2, -0.15) is 0 Å². The number of halogens is 1. The summed E-state index contributed by atoms with van der Waals surface area (Å²) in [6, 6.07) is 3.78. The maximum atomic E-state index is 11.8. The topological polar surface area (TPSA) is 92.5 Å². The average molecular weight is 271 g/mol. The van der Waals surface area contributed by atoms with Crippen molar-refractivity contribution in [2.75, 3.05) is 0 Å². The molecule has 0 saturated heterocycles. The minimum atomic E-state index is -0.605. The Morgan fingerprint density at radius 1 is 1.50 bits per heavy atom. The van der Waals surface area contributed by atoms with Gasteiger partial charge in [0.25, 0.3) is 11.6 Å². The molecule has 6 nitrogen and oxygen atoms in total. The molecule has 1 aromatic carbocycles. The molecule has 1 fully saturated rings. The van der Waals surface area contributed by atoms with Crippen LogP contribution in [0.3, 0.4) is 0 Å². The molecule has 1 aliphatic carbocycles. The molecule has 0 spiro atoms. The number of aliphatic hydroxyl groups excluding tert-OH is 1. The first-order chi connectivity index (χ1) is 8.47. The molecule has 2 rings (SSSR count). The molecule has 18 heavy (non-hydrogen) atoms. The van der Waals surface area contributed by atoms with E-state index in [1.807, 2.05) is 0 Å². The van der Waals surface area contributed by atoms with Crippen LogP contribution < -0.4 is 5.32 Å². The molecular weight excluding hydrogens is 260 g/mol. The zero-order valence-corrected chi connectivity index (χ0v) is 10.1. The van der Waals surface area contributed by atoms with Crippen LogP contribution in [-0.2, 0) is 0 Å². The number of amides is 1. The van der Waals surface area contributed by atoms with Gasteiger partial charge >= 0.3 is 0 Å². The van der Waals surface area contributed by atoms with Crippen LogP contribution >= 0.6 is 11.6 Å². The van der Waals surface area contributed by atoms with E-state index in [4.69, 9.17) is 16.7 Å². The van der Waals surface area contributed by atoms with Crippen molar-refractivity contribution in [3.8, 4) is 0 Å². The number of nitrogens with zero attached hydrogens (tertiary/aromatic N) is 1. The quantitative estimate of drug-likeness (QED) is 0.643. The summed E-state index contributed by atoms with van der Waals surface area (Å²) in [5.41, 5.74) is 0.0410. The Labute approximate surface area is 108 Å². The molecule has 96 valence electrons. The highest BCUT2D eigenvalue weighted by atomic mass is 35.5. The van der Waals surface area contributed by atoms with E-state index < -0.39 is 4.92 Å². The number of rotatable bonds is 3. The van der Waals surface area contributed by atoms with Crippen molar-refractivity contribution in [3.05, 3.63) is 38.9 Å². The van der Waals surface area contributed by atoms with E-state index in [1.165, 1.54) is 18.2 Å². The van der Waals surface area contributed by atoms with Crippen LogP contribution in [0.2, 0.25) is 5.02 Å². The number of nitrogens with one attached hydrogen (secondary N) is 1. The summed E-state index contributed by atoms with van der Waals surface area (Å²) < 4.78 is 0. The highest BCUT2D eigenvalue weighted by molar-refractivity contribution is 6.33. The normalized spacial score (nSPS) is 22.1. The molecule has 1 amide bonds. The van der Waals surface area contributed by atoms with Gasteiger partial charge in [-0.25, -0.2) is 0 Å². The molecule has 1 saturated carbocycles. The summed E-state index contributed by atoms with van der Waals surface area (Å²) in [4.78, 5) is 21.7. The first kappa shape index (κ1) is 12.8. The van der Waals surface area contributed by atoms with Crippen LogP contribution in [0.15, 0.2) is 18.2 Å². The maximum absolute atomic E-state index is 11.8. The van der Waals surface area contributed by atoms with Crippen LogP contribution in [-0.4, -0.2) is 28.1 Å². The number of hydrogen-bond acceptors (Lipinski definition) is 4. The maximum Gasteiger partial charge on any atom is 0.287 e. The Balaban J connectivity index is 2.07. The van der Waals surface area contributed by atoms with E-state index in [1.54, 1.807) is 0 Å². The van der Waals surface area contributed by atoms with Crippen LogP contribution in [0, 0.1) is 10.1 Å². The van der Waals surface area contributed by atoms with Crippen molar-refractivity contribution in [1.82, 2.24) is 5.32 Å². The Morgan fingerprint density at radius 3 is 2.67 bits per heavy atom. The molecule has 1 aliphatic rings. The second kappa shape index (κ2) is 4.91. The average Bonchev–Trinajstić information content (AvgIpc) is 2.26. The van der Waals surface area contributed by atoms with Crippen molar-refractivity contribution in [1.29, 1.82) is 0 Å². The van der Waals surface area contributed by atoms with E-state index in [0.29, 0.717) is 12.8 Å². The van der Waals surface area contributed by atoms with Gasteiger partial charge in [0.2, 0.25) is 0 Å². The fraction of sp³-hybridized carbons (Fsp3) is 0.364. The number of carbonyl (C=O) groups is 1. The number of hydrogen-bond donors (Lipinski definition) is 2. The molecule has 0 radical (unpaired) electrons. The summed E-state index contributed by atoms with van der Waals surface area (Å²) in [6.07, 6.45) is 0.717. The van der Waals surface area contributed by atoms with Gasteiger partial charge in [0.1, 0.15) is 5.02 Å². The van der Waals surface area contributed by atoms with Crippen LogP contribution in [0.1, 0.15) is 23.2 Å². The van der Waals surface area contributed by atoms with E-state index in [2.05, 4.69) is 5.32 Å². The largest absolute Gasteiger partial charge is 0.393 e. The molecule has 0 atom stereocenters. The van der Waals surface area contributed by atoms with Crippen molar-refractivity contribution in [3.63, 3.8) is 0 Å². The summed E-state index contributed by atoms with van der Waals surface area (Å²) in [5.74, 6) is -0.344. The second-order valence-corrected chi connectivity index (χ2v) is 4.63. The minimum Gasteiger partial charge on any atom is -0.393 e. The zero-order valence-electron chi connectivity index (χ0n) is 9.30. The second-order valence-electron chi connectivity index (χ2n) is 4.22. The third-order valence-electron chi connectivity index (χ3n) is 2.85. The van der Waals surface area contributed by atoms with Gasteiger partial charge in [-0.1, -0.05) is 11.6 Å². The Kier molecular flexibility index (Phi) is 3.49. The highest BCUT2D eigenvalue weighted by Gasteiger charge is 2.28. The predicted octanol–water partition coefficient (Wildman–Crippen LogP) is 1.50. The monoisotopic (exact) mass is 270 g/mol. The summed E-state index contributed by atoms with van der Waals surface area (Å²) in [7, 11) is 0. The van der Waals surface area contributed by atoms with Crippen molar-refractivity contribution >= 4 is 23.2 Å². The SMILES string of the molecule is O=C(NC1CC(O)C1)c1ccc([N+](=O)[O-])c(Cl)c1. The Hall–Kier alpha value is -1.66. The van der Waals surface area contributed by atoms with Gasteiger partial charge in [0.05, 0.1) is 11.0 Å². The highest BCUT2D eigenvalue weighted by Crippen LogP contribution is 2.25. The number of aliphatic hydroxyl groups is 1. The van der Waals surface area contributed by atoms with Crippen molar-refractivity contribution in [2.45, 2.75) is 25.0 Å². The van der Waals surface area contributed by atoms with E-state index in [0.717, 1.165) is 0 Å². The zero-order chi connectivity index (χ0) is 13.3. The number of nitro benzene ring substituents is 1. The number of benzene rings is 1. The van der Waals surface area contributed by atoms with Gasteiger partial charge in [-0.3, -0.25) is 14.9 Å². The van der Waals surface area contributed by atoms with Gasteiger partial charge < -0.3 is 10.4 Å². The fourth-order valence-electron chi connectivity index (χ4n) is 1.77. The molecule has 0 heterocycles.